The van der Waals surface area contributed by atoms with Crippen molar-refractivity contribution < 1.29 is 13.9 Å². The summed E-state index contributed by atoms with van der Waals surface area (Å²) in [6.07, 6.45) is 3.07. The topological polar surface area (TPSA) is 68.4 Å². The molecule has 2 heterocycles. The van der Waals surface area contributed by atoms with Crippen molar-refractivity contribution in [1.82, 2.24) is 4.98 Å². The maximum Gasteiger partial charge on any atom is 0.249 e. The second-order valence-corrected chi connectivity index (χ2v) is 6.74. The Labute approximate surface area is 162 Å². The van der Waals surface area contributed by atoms with Gasteiger partial charge in [-0.15, -0.1) is 0 Å². The van der Waals surface area contributed by atoms with E-state index >= 15 is 0 Å². The number of nitrogens with two attached hydrogens (primary N) is 1. The van der Waals surface area contributed by atoms with E-state index in [0.29, 0.717) is 12.0 Å². The fourth-order valence-corrected chi connectivity index (χ4v) is 3.68. The monoisotopic (exact) mass is 377 g/mol. The van der Waals surface area contributed by atoms with Gasteiger partial charge in [0.1, 0.15) is 5.82 Å². The maximum absolute atomic E-state index is 14.0. The van der Waals surface area contributed by atoms with E-state index in [0.717, 1.165) is 41.2 Å². The van der Waals surface area contributed by atoms with Gasteiger partial charge in [-0.3, -0.25) is 4.79 Å². The van der Waals surface area contributed by atoms with Gasteiger partial charge >= 0.3 is 0 Å². The Bertz CT molecular complexity index is 1050. The summed E-state index contributed by atoms with van der Waals surface area (Å²) < 4.78 is 18.9. The number of pyridine rings is 1. The van der Waals surface area contributed by atoms with Crippen LogP contribution in [-0.2, 0) is 12.8 Å². The predicted molar refractivity (Wildman–Crippen MR) is 106 cm³/mol. The number of hydrogen-bond donors (Lipinski definition) is 1. The molecule has 2 aromatic carbocycles. The Kier molecular flexibility index (Phi) is 4.69. The van der Waals surface area contributed by atoms with Crippen molar-refractivity contribution in [3.8, 4) is 5.75 Å². The van der Waals surface area contributed by atoms with Crippen LogP contribution in [0, 0.1) is 5.82 Å². The van der Waals surface area contributed by atoms with Gasteiger partial charge in [0.15, 0.2) is 11.6 Å². The van der Waals surface area contributed by atoms with Crippen molar-refractivity contribution in [1.29, 1.82) is 0 Å². The molecule has 0 atom stereocenters. The Morgan fingerprint density at radius 1 is 1.21 bits per heavy atom. The smallest absolute Gasteiger partial charge is 0.249 e. The van der Waals surface area contributed by atoms with Crippen molar-refractivity contribution in [2.45, 2.75) is 12.8 Å². The zero-order valence-corrected chi connectivity index (χ0v) is 15.5. The fourth-order valence-electron chi connectivity index (χ4n) is 3.68. The molecule has 3 aromatic rings. The lowest BCUT2D eigenvalue weighted by Crippen LogP contribution is -2.15. The van der Waals surface area contributed by atoms with Gasteiger partial charge in [0.05, 0.1) is 7.11 Å². The fraction of sp³-hybridized carbons (Fsp3) is 0.182. The predicted octanol–water partition coefficient (Wildman–Crippen LogP) is 3.61. The molecule has 28 heavy (non-hydrogen) atoms. The first-order valence-corrected chi connectivity index (χ1v) is 9.03. The highest BCUT2D eigenvalue weighted by molar-refractivity contribution is 5.96. The number of aromatic nitrogens is 1. The number of anilines is 2. The van der Waals surface area contributed by atoms with E-state index in [2.05, 4.69) is 9.88 Å². The third kappa shape index (κ3) is 3.29. The van der Waals surface area contributed by atoms with Gasteiger partial charge in [-0.1, -0.05) is 12.1 Å². The number of nitrogens with zero attached hydrogens (tertiary/aromatic N) is 2. The van der Waals surface area contributed by atoms with Crippen LogP contribution < -0.4 is 15.4 Å². The van der Waals surface area contributed by atoms with E-state index in [4.69, 9.17) is 10.5 Å². The number of fused-ring (bicyclic) bond motifs is 1. The Morgan fingerprint density at radius 3 is 2.79 bits per heavy atom. The van der Waals surface area contributed by atoms with Crippen LogP contribution in [0.2, 0.25) is 0 Å². The van der Waals surface area contributed by atoms with E-state index < -0.39 is 5.91 Å². The average molecular weight is 377 g/mol. The molecule has 0 saturated carbocycles. The molecule has 6 heteroatoms. The summed E-state index contributed by atoms with van der Waals surface area (Å²) in [6, 6.07) is 14.5. The highest BCUT2D eigenvalue weighted by Gasteiger charge is 2.25. The van der Waals surface area contributed by atoms with Crippen LogP contribution in [0.5, 0.6) is 5.75 Å². The lowest BCUT2D eigenvalue weighted by molar-refractivity contribution is 0.0999. The van der Waals surface area contributed by atoms with Crippen molar-refractivity contribution in [3.63, 3.8) is 0 Å². The Balaban J connectivity index is 1.62. The van der Waals surface area contributed by atoms with Crippen molar-refractivity contribution in [2.75, 3.05) is 18.6 Å². The summed E-state index contributed by atoms with van der Waals surface area (Å²) in [5.41, 5.74) is 9.85. The minimum absolute atomic E-state index is 0.234. The van der Waals surface area contributed by atoms with Crippen LogP contribution in [0.15, 0.2) is 54.7 Å². The van der Waals surface area contributed by atoms with Crippen LogP contribution >= 0.6 is 0 Å². The number of rotatable bonds is 5. The van der Waals surface area contributed by atoms with Crippen molar-refractivity contribution in [2.24, 2.45) is 5.73 Å². The number of halogens is 1. The molecule has 1 aliphatic rings. The van der Waals surface area contributed by atoms with E-state index in [9.17, 15) is 9.18 Å². The minimum Gasteiger partial charge on any atom is -0.494 e. The first kappa shape index (κ1) is 18.0. The number of methoxy groups -OCH3 is 1. The summed E-state index contributed by atoms with van der Waals surface area (Å²) in [6.45, 7) is 0.729. The third-order valence-corrected chi connectivity index (χ3v) is 5.00. The number of ether oxygens (including phenoxy) is 1. The maximum atomic E-state index is 14.0. The third-order valence-electron chi connectivity index (χ3n) is 5.00. The number of hydrogen-bond acceptors (Lipinski definition) is 4. The molecule has 0 aliphatic carbocycles. The van der Waals surface area contributed by atoms with Crippen molar-refractivity contribution in [3.05, 3.63) is 82.8 Å². The molecule has 0 spiro atoms. The van der Waals surface area contributed by atoms with E-state index in [-0.39, 0.29) is 11.6 Å². The normalized spacial score (nSPS) is 12.7. The van der Waals surface area contributed by atoms with E-state index in [1.54, 1.807) is 18.3 Å². The quantitative estimate of drug-likeness (QED) is 0.737. The Hall–Kier alpha value is -3.41. The zero-order valence-electron chi connectivity index (χ0n) is 15.5. The van der Waals surface area contributed by atoms with Crippen LogP contribution in [-0.4, -0.2) is 24.5 Å². The van der Waals surface area contributed by atoms with Crippen LogP contribution in [0.3, 0.4) is 0 Å². The second-order valence-electron chi connectivity index (χ2n) is 6.74. The Morgan fingerprint density at radius 2 is 2.04 bits per heavy atom. The molecular formula is C22H20FN3O2. The molecule has 0 unspecified atom stereocenters. The molecule has 2 N–H and O–H groups in total. The molecule has 142 valence electrons. The van der Waals surface area contributed by atoms with Gasteiger partial charge in [-0.2, -0.15) is 0 Å². The average Bonchev–Trinajstić information content (AvgIpc) is 3.12. The van der Waals surface area contributed by atoms with Gasteiger partial charge < -0.3 is 15.4 Å². The molecule has 1 aromatic heterocycles. The van der Waals surface area contributed by atoms with Gasteiger partial charge in [-0.25, -0.2) is 9.37 Å². The molecule has 4 rings (SSSR count). The highest BCUT2D eigenvalue weighted by Crippen LogP contribution is 2.35. The lowest BCUT2D eigenvalue weighted by atomic mass is 10.0. The first-order chi connectivity index (χ1) is 13.6. The number of carbonyl (C=O) groups is 1. The van der Waals surface area contributed by atoms with E-state index in [1.807, 2.05) is 30.3 Å². The number of amides is 1. The number of primary amides is 1. The van der Waals surface area contributed by atoms with E-state index in [1.165, 1.54) is 13.2 Å². The SMILES string of the molecule is COc1ccc(Cc2ccnc(N3CCc4c(C(N)=O)cccc43)c2)cc1F. The first-order valence-electron chi connectivity index (χ1n) is 9.03. The highest BCUT2D eigenvalue weighted by atomic mass is 19.1. The number of benzene rings is 2. The summed E-state index contributed by atoms with van der Waals surface area (Å²) in [5, 5.41) is 0. The molecular weight excluding hydrogens is 357 g/mol. The number of carbonyl (C=O) groups excluding carboxylic acids is 1. The molecule has 1 aliphatic heterocycles. The van der Waals surface area contributed by atoms with Gasteiger partial charge in [-0.05, 0) is 65.9 Å². The molecule has 0 saturated heterocycles. The van der Waals surface area contributed by atoms with Crippen LogP contribution in [0.1, 0.15) is 27.0 Å². The van der Waals surface area contributed by atoms with Crippen LogP contribution in [0.4, 0.5) is 15.9 Å². The molecule has 5 nitrogen and oxygen atoms in total. The summed E-state index contributed by atoms with van der Waals surface area (Å²) in [4.78, 5) is 18.3. The summed E-state index contributed by atoms with van der Waals surface area (Å²) in [7, 11) is 1.45. The molecule has 0 fully saturated rings. The summed E-state index contributed by atoms with van der Waals surface area (Å²) in [5.74, 6) is 0.244. The van der Waals surface area contributed by atoms with Gasteiger partial charge in [0, 0.05) is 24.0 Å². The molecule has 0 bridgehead atoms. The van der Waals surface area contributed by atoms with Gasteiger partial charge in [0.2, 0.25) is 5.91 Å². The molecule has 0 radical (unpaired) electrons. The zero-order chi connectivity index (χ0) is 19.7. The van der Waals surface area contributed by atoms with Gasteiger partial charge in [0.25, 0.3) is 0 Å². The van der Waals surface area contributed by atoms with Crippen molar-refractivity contribution >= 4 is 17.4 Å². The summed E-state index contributed by atoms with van der Waals surface area (Å²) >= 11 is 0. The van der Waals surface area contributed by atoms with Crippen LogP contribution in [0.25, 0.3) is 0 Å². The molecule has 1 amide bonds. The largest absolute Gasteiger partial charge is 0.494 e. The lowest BCUT2D eigenvalue weighted by Gasteiger charge is -2.19. The second kappa shape index (κ2) is 7.31. The minimum atomic E-state index is -0.415. The standard InChI is InChI=1S/C22H20FN3O2/c1-28-20-6-5-14(12-18(20)23)11-15-7-9-25-21(13-15)26-10-8-16-17(22(24)27)3-2-4-19(16)26/h2-7,9,12-13H,8,10-11H2,1H3,(H2,24,27).